The molecule has 1 aliphatic heterocycles. The molecule has 1 aromatic rings. The molecule has 86 valence electrons. The summed E-state index contributed by atoms with van der Waals surface area (Å²) in [6.45, 7) is 3.86. The van der Waals surface area contributed by atoms with Gasteiger partial charge in [-0.2, -0.15) is 0 Å². The first kappa shape index (κ1) is 11.4. The summed E-state index contributed by atoms with van der Waals surface area (Å²) >= 11 is 6.14. The van der Waals surface area contributed by atoms with Gasteiger partial charge in [0.25, 0.3) is 0 Å². The minimum absolute atomic E-state index is 0.0461. The third-order valence-electron chi connectivity index (χ3n) is 2.64. The number of fused-ring (bicyclic) bond motifs is 1. The Morgan fingerprint density at radius 1 is 1.50 bits per heavy atom. The molecule has 3 nitrogen and oxygen atoms in total. The second kappa shape index (κ2) is 4.85. The lowest BCUT2D eigenvalue weighted by Gasteiger charge is -2.08. The molecule has 2 rings (SSSR count). The number of rotatable bonds is 4. The molecule has 0 unspecified atom stereocenters. The van der Waals surface area contributed by atoms with Gasteiger partial charge in [-0.05, 0) is 30.2 Å². The molecule has 0 aromatic heterocycles. The van der Waals surface area contributed by atoms with Gasteiger partial charge in [0.2, 0.25) is 5.91 Å². The molecule has 0 bridgehead atoms. The van der Waals surface area contributed by atoms with Gasteiger partial charge in [-0.1, -0.05) is 24.6 Å². The number of hydrogen-bond acceptors (Lipinski definition) is 2. The van der Waals surface area contributed by atoms with E-state index >= 15 is 0 Å². The van der Waals surface area contributed by atoms with E-state index in [9.17, 15) is 4.79 Å². The van der Waals surface area contributed by atoms with E-state index in [1.54, 1.807) is 0 Å². The zero-order valence-corrected chi connectivity index (χ0v) is 10.0. The molecule has 16 heavy (non-hydrogen) atoms. The number of hydrogen-bond donors (Lipinski definition) is 2. The first-order chi connectivity index (χ1) is 7.70. The van der Waals surface area contributed by atoms with Crippen LogP contribution in [0.2, 0.25) is 5.02 Å². The highest BCUT2D eigenvalue weighted by atomic mass is 35.5. The average Bonchev–Trinajstić information content (AvgIpc) is 2.58. The fourth-order valence-corrected chi connectivity index (χ4v) is 2.06. The van der Waals surface area contributed by atoms with Gasteiger partial charge in [-0.3, -0.25) is 4.79 Å². The molecule has 4 heteroatoms. The molecular weight excluding hydrogens is 224 g/mol. The molecule has 1 aromatic carbocycles. The second-order valence-corrected chi connectivity index (χ2v) is 4.41. The Balaban J connectivity index is 2.15. The van der Waals surface area contributed by atoms with Crippen molar-refractivity contribution in [2.24, 2.45) is 0 Å². The van der Waals surface area contributed by atoms with Crippen molar-refractivity contribution in [2.75, 3.05) is 11.9 Å². The maximum Gasteiger partial charge on any atom is 0.228 e. The van der Waals surface area contributed by atoms with Gasteiger partial charge < -0.3 is 10.6 Å². The summed E-state index contributed by atoms with van der Waals surface area (Å²) in [5.41, 5.74) is 2.96. The van der Waals surface area contributed by atoms with Crippen molar-refractivity contribution in [3.05, 3.63) is 28.3 Å². The molecular formula is C12H15ClN2O. The van der Waals surface area contributed by atoms with E-state index in [1.807, 2.05) is 12.1 Å². The largest absolute Gasteiger partial charge is 0.325 e. The van der Waals surface area contributed by atoms with Gasteiger partial charge >= 0.3 is 0 Å². The molecule has 1 amide bonds. The highest BCUT2D eigenvalue weighted by Crippen LogP contribution is 2.29. The number of anilines is 1. The van der Waals surface area contributed by atoms with E-state index in [0.717, 1.165) is 36.3 Å². The van der Waals surface area contributed by atoms with E-state index in [2.05, 4.69) is 17.6 Å². The molecule has 0 atom stereocenters. The third kappa shape index (κ3) is 2.36. The van der Waals surface area contributed by atoms with Gasteiger partial charge in [0, 0.05) is 17.3 Å². The van der Waals surface area contributed by atoms with Crippen LogP contribution in [0.3, 0.4) is 0 Å². The van der Waals surface area contributed by atoms with Crippen LogP contribution in [0, 0.1) is 0 Å². The predicted octanol–water partition coefficient (Wildman–Crippen LogP) is 2.33. The smallest absolute Gasteiger partial charge is 0.228 e. The van der Waals surface area contributed by atoms with E-state index in [-0.39, 0.29) is 5.91 Å². The molecule has 0 saturated heterocycles. The molecule has 0 radical (unpaired) electrons. The van der Waals surface area contributed by atoms with Crippen LogP contribution in [0.5, 0.6) is 0 Å². The van der Waals surface area contributed by atoms with Crippen molar-refractivity contribution in [3.63, 3.8) is 0 Å². The topological polar surface area (TPSA) is 41.1 Å². The number of carbonyl (C=O) groups excluding carboxylic acids is 1. The molecule has 0 fully saturated rings. The first-order valence-electron chi connectivity index (χ1n) is 5.52. The lowest BCUT2D eigenvalue weighted by molar-refractivity contribution is -0.115. The van der Waals surface area contributed by atoms with Crippen molar-refractivity contribution in [2.45, 2.75) is 26.3 Å². The fourth-order valence-electron chi connectivity index (χ4n) is 1.83. The van der Waals surface area contributed by atoms with Crippen LogP contribution in [-0.4, -0.2) is 12.5 Å². The Kier molecular flexibility index (Phi) is 3.46. The Bertz CT molecular complexity index is 418. The first-order valence-corrected chi connectivity index (χ1v) is 5.90. The summed E-state index contributed by atoms with van der Waals surface area (Å²) in [4.78, 5) is 11.2. The third-order valence-corrected chi connectivity index (χ3v) is 2.99. The van der Waals surface area contributed by atoms with Gasteiger partial charge in [-0.15, -0.1) is 0 Å². The van der Waals surface area contributed by atoms with Crippen molar-refractivity contribution in [3.8, 4) is 0 Å². The van der Waals surface area contributed by atoms with Crippen LogP contribution in [0.4, 0.5) is 5.69 Å². The minimum atomic E-state index is 0.0461. The van der Waals surface area contributed by atoms with E-state index in [1.165, 1.54) is 0 Å². The van der Waals surface area contributed by atoms with Crippen LogP contribution < -0.4 is 10.6 Å². The zero-order chi connectivity index (χ0) is 11.5. The molecule has 2 N–H and O–H groups in total. The van der Waals surface area contributed by atoms with Crippen LogP contribution in [0.15, 0.2) is 12.1 Å². The minimum Gasteiger partial charge on any atom is -0.325 e. The maximum absolute atomic E-state index is 11.2. The van der Waals surface area contributed by atoms with Crippen molar-refractivity contribution < 1.29 is 4.79 Å². The summed E-state index contributed by atoms with van der Waals surface area (Å²) in [6, 6.07) is 3.85. The number of carbonyl (C=O) groups is 1. The van der Waals surface area contributed by atoms with Gasteiger partial charge in [0.05, 0.1) is 6.42 Å². The van der Waals surface area contributed by atoms with Gasteiger partial charge in [-0.25, -0.2) is 0 Å². The van der Waals surface area contributed by atoms with Crippen LogP contribution in [0.1, 0.15) is 24.5 Å². The Labute approximate surface area is 100 Å². The van der Waals surface area contributed by atoms with Crippen molar-refractivity contribution >= 4 is 23.2 Å². The summed E-state index contributed by atoms with van der Waals surface area (Å²) in [7, 11) is 0. The number of benzene rings is 1. The van der Waals surface area contributed by atoms with Crippen molar-refractivity contribution in [1.29, 1.82) is 0 Å². The Hall–Kier alpha value is -1.06. The standard InChI is InChI=1S/C12H15ClN2O/c1-2-3-14-7-9-4-8-5-12(16)15-11(8)6-10(9)13/h4,6,14H,2-3,5,7H2,1H3,(H,15,16). The number of nitrogens with one attached hydrogen (secondary N) is 2. The van der Waals surface area contributed by atoms with Gasteiger partial charge in [0.1, 0.15) is 0 Å². The van der Waals surface area contributed by atoms with E-state index in [0.29, 0.717) is 11.4 Å². The zero-order valence-electron chi connectivity index (χ0n) is 9.27. The van der Waals surface area contributed by atoms with E-state index < -0.39 is 0 Å². The highest BCUT2D eigenvalue weighted by molar-refractivity contribution is 6.31. The lowest BCUT2D eigenvalue weighted by atomic mass is 10.1. The SMILES string of the molecule is CCCNCc1cc2c(cc1Cl)NC(=O)C2. The summed E-state index contributed by atoms with van der Waals surface area (Å²) < 4.78 is 0. The summed E-state index contributed by atoms with van der Waals surface area (Å²) in [5.74, 6) is 0.0461. The quantitative estimate of drug-likeness (QED) is 0.791. The number of amides is 1. The summed E-state index contributed by atoms with van der Waals surface area (Å²) in [6.07, 6.45) is 1.57. The van der Waals surface area contributed by atoms with Gasteiger partial charge in [0.15, 0.2) is 0 Å². The van der Waals surface area contributed by atoms with Crippen molar-refractivity contribution in [1.82, 2.24) is 5.32 Å². The predicted molar refractivity (Wildman–Crippen MR) is 65.8 cm³/mol. The average molecular weight is 239 g/mol. The Morgan fingerprint density at radius 3 is 3.06 bits per heavy atom. The molecule has 0 saturated carbocycles. The second-order valence-electron chi connectivity index (χ2n) is 4.00. The molecule has 1 aliphatic rings. The van der Waals surface area contributed by atoms with E-state index in [4.69, 9.17) is 11.6 Å². The molecule has 1 heterocycles. The summed E-state index contributed by atoms with van der Waals surface area (Å²) in [5, 5.41) is 6.81. The lowest BCUT2D eigenvalue weighted by Crippen LogP contribution is -2.14. The molecule has 0 spiro atoms. The van der Waals surface area contributed by atoms with Crippen LogP contribution in [-0.2, 0) is 17.8 Å². The normalized spacial score (nSPS) is 13.8. The fraction of sp³-hybridized carbons (Fsp3) is 0.417. The highest BCUT2D eigenvalue weighted by Gasteiger charge is 2.19. The number of halogens is 1. The van der Waals surface area contributed by atoms with Crippen LogP contribution >= 0.6 is 11.6 Å². The molecule has 0 aliphatic carbocycles. The Morgan fingerprint density at radius 2 is 2.31 bits per heavy atom. The monoisotopic (exact) mass is 238 g/mol. The van der Waals surface area contributed by atoms with Crippen LogP contribution in [0.25, 0.3) is 0 Å². The maximum atomic E-state index is 11.2.